The van der Waals surface area contributed by atoms with Crippen molar-refractivity contribution in [1.82, 2.24) is 0 Å². The Bertz CT molecular complexity index is 361. The molecular weight excluding hydrogens is 172 g/mol. The van der Waals surface area contributed by atoms with Crippen molar-refractivity contribution in [2.75, 3.05) is 6.54 Å². The third-order valence-corrected chi connectivity index (χ3v) is 2.02. The highest BCUT2D eigenvalue weighted by atomic mass is 14.7. The predicted octanol–water partition coefficient (Wildman–Crippen LogP) is 2.57. The highest BCUT2D eigenvalue weighted by molar-refractivity contribution is 5.81. The van der Waals surface area contributed by atoms with Crippen molar-refractivity contribution >= 4 is 6.21 Å². The number of hydrogen-bond acceptors (Lipinski definition) is 2. The fraction of sp³-hybridized carbons (Fsp3) is 0.333. The third-order valence-electron chi connectivity index (χ3n) is 2.02. The summed E-state index contributed by atoms with van der Waals surface area (Å²) in [5.74, 6) is -0.00438. The maximum Gasteiger partial charge on any atom is 0.0672 e. The van der Waals surface area contributed by atoms with Crippen molar-refractivity contribution < 1.29 is 0 Å². The molecule has 2 heteroatoms. The van der Waals surface area contributed by atoms with Gasteiger partial charge in [0.2, 0.25) is 0 Å². The summed E-state index contributed by atoms with van der Waals surface area (Å²) in [6, 6.07) is 10.2. The second-order valence-electron chi connectivity index (χ2n) is 3.38. The Morgan fingerprint density at radius 2 is 2.21 bits per heavy atom. The van der Waals surface area contributed by atoms with Crippen LogP contribution < -0.4 is 0 Å². The Labute approximate surface area is 84.9 Å². The highest BCUT2D eigenvalue weighted by Crippen LogP contribution is 2.03. The van der Waals surface area contributed by atoms with Crippen LogP contribution in [0.1, 0.15) is 18.1 Å². The second kappa shape index (κ2) is 5.18. The molecule has 0 aliphatic heterocycles. The van der Waals surface area contributed by atoms with E-state index in [9.17, 15) is 0 Å². The summed E-state index contributed by atoms with van der Waals surface area (Å²) in [6.45, 7) is 4.50. The molecule has 0 spiro atoms. The van der Waals surface area contributed by atoms with Gasteiger partial charge in [-0.25, -0.2) is 0 Å². The molecule has 1 unspecified atom stereocenters. The van der Waals surface area contributed by atoms with Crippen molar-refractivity contribution in [1.29, 1.82) is 5.26 Å². The lowest BCUT2D eigenvalue weighted by Gasteiger charge is -1.98. The van der Waals surface area contributed by atoms with Gasteiger partial charge < -0.3 is 0 Å². The first-order valence-electron chi connectivity index (χ1n) is 4.69. The summed E-state index contributed by atoms with van der Waals surface area (Å²) < 4.78 is 0. The molecule has 0 saturated carbocycles. The summed E-state index contributed by atoms with van der Waals surface area (Å²) in [6.07, 6.45) is 1.84. The fourth-order valence-corrected chi connectivity index (χ4v) is 1.08. The maximum atomic E-state index is 8.56. The molecule has 1 atom stereocenters. The van der Waals surface area contributed by atoms with Crippen LogP contribution in [0.2, 0.25) is 0 Å². The molecule has 0 amide bonds. The van der Waals surface area contributed by atoms with Crippen LogP contribution in [0, 0.1) is 24.2 Å². The van der Waals surface area contributed by atoms with Gasteiger partial charge in [0.15, 0.2) is 0 Å². The third kappa shape index (κ3) is 3.02. The van der Waals surface area contributed by atoms with Gasteiger partial charge in [-0.15, -0.1) is 0 Å². The lowest BCUT2D eigenvalue weighted by molar-refractivity contribution is 0.759. The molecule has 1 aromatic carbocycles. The summed E-state index contributed by atoms with van der Waals surface area (Å²) in [4.78, 5) is 4.23. The lowest BCUT2D eigenvalue weighted by Crippen LogP contribution is -1.95. The van der Waals surface area contributed by atoms with Crippen LogP contribution in [0.3, 0.4) is 0 Å². The second-order valence-corrected chi connectivity index (χ2v) is 3.38. The van der Waals surface area contributed by atoms with E-state index < -0.39 is 0 Å². The van der Waals surface area contributed by atoms with Crippen molar-refractivity contribution in [3.8, 4) is 6.07 Å². The van der Waals surface area contributed by atoms with Gasteiger partial charge in [0.1, 0.15) is 0 Å². The topological polar surface area (TPSA) is 36.1 Å². The monoisotopic (exact) mass is 186 g/mol. The normalized spacial score (nSPS) is 12.6. The first-order valence-corrected chi connectivity index (χ1v) is 4.69. The Morgan fingerprint density at radius 1 is 1.50 bits per heavy atom. The van der Waals surface area contributed by atoms with E-state index in [0.717, 1.165) is 5.56 Å². The molecule has 0 N–H and O–H groups in total. The van der Waals surface area contributed by atoms with Crippen LogP contribution in [-0.2, 0) is 0 Å². The molecule has 14 heavy (non-hydrogen) atoms. The van der Waals surface area contributed by atoms with E-state index in [1.807, 2.05) is 31.3 Å². The van der Waals surface area contributed by atoms with Gasteiger partial charge in [0, 0.05) is 6.21 Å². The minimum Gasteiger partial charge on any atom is -0.291 e. The van der Waals surface area contributed by atoms with Gasteiger partial charge in [0.05, 0.1) is 18.5 Å². The summed E-state index contributed by atoms with van der Waals surface area (Å²) >= 11 is 0. The van der Waals surface area contributed by atoms with E-state index >= 15 is 0 Å². The van der Waals surface area contributed by atoms with E-state index in [1.165, 1.54) is 5.56 Å². The van der Waals surface area contributed by atoms with Gasteiger partial charge in [-0.2, -0.15) is 5.26 Å². The van der Waals surface area contributed by atoms with Crippen LogP contribution in [0.25, 0.3) is 0 Å². The molecule has 0 fully saturated rings. The van der Waals surface area contributed by atoms with Crippen LogP contribution in [0.15, 0.2) is 29.3 Å². The Hall–Kier alpha value is -1.62. The van der Waals surface area contributed by atoms with E-state index in [0.29, 0.717) is 6.54 Å². The minimum atomic E-state index is -0.00438. The molecule has 72 valence electrons. The van der Waals surface area contributed by atoms with Crippen LogP contribution in [-0.4, -0.2) is 12.8 Å². The van der Waals surface area contributed by atoms with Gasteiger partial charge in [-0.05, 0) is 25.0 Å². The molecule has 0 aliphatic rings. The fourth-order valence-electron chi connectivity index (χ4n) is 1.08. The van der Waals surface area contributed by atoms with Crippen LogP contribution in [0.5, 0.6) is 0 Å². The smallest absolute Gasteiger partial charge is 0.0672 e. The zero-order valence-electron chi connectivity index (χ0n) is 8.57. The zero-order chi connectivity index (χ0) is 10.4. The zero-order valence-corrected chi connectivity index (χ0v) is 8.57. The number of nitriles is 1. The molecule has 1 aromatic rings. The molecule has 1 rings (SSSR count). The first kappa shape index (κ1) is 10.5. The maximum absolute atomic E-state index is 8.56. The van der Waals surface area contributed by atoms with E-state index in [2.05, 4.69) is 24.1 Å². The minimum absolute atomic E-state index is 0.00438. The molecule has 0 heterocycles. The van der Waals surface area contributed by atoms with Gasteiger partial charge >= 0.3 is 0 Å². The highest BCUT2D eigenvalue weighted by Gasteiger charge is 1.95. The summed E-state index contributed by atoms with van der Waals surface area (Å²) in [7, 11) is 0. The predicted molar refractivity (Wildman–Crippen MR) is 58.4 cm³/mol. The lowest BCUT2D eigenvalue weighted by atomic mass is 10.1. The van der Waals surface area contributed by atoms with Gasteiger partial charge in [-0.3, -0.25) is 4.99 Å². The number of nitrogens with zero attached hydrogens (tertiary/aromatic N) is 2. The molecule has 0 saturated heterocycles. The number of benzene rings is 1. The SMILES string of the molecule is Cc1ccccc1/C=N/CC(C)C#N. The van der Waals surface area contributed by atoms with E-state index in [-0.39, 0.29) is 5.92 Å². The van der Waals surface area contributed by atoms with E-state index in [4.69, 9.17) is 5.26 Å². The Balaban J connectivity index is 2.61. The largest absolute Gasteiger partial charge is 0.291 e. The molecule has 0 aromatic heterocycles. The Morgan fingerprint density at radius 3 is 2.86 bits per heavy atom. The summed E-state index contributed by atoms with van der Waals surface area (Å²) in [5, 5.41) is 8.56. The number of aliphatic imine (C=N–C) groups is 1. The Kier molecular flexibility index (Phi) is 3.87. The first-order chi connectivity index (χ1) is 6.74. The van der Waals surface area contributed by atoms with Crippen molar-refractivity contribution in [2.45, 2.75) is 13.8 Å². The number of aryl methyl sites for hydroxylation is 1. The van der Waals surface area contributed by atoms with E-state index in [1.54, 1.807) is 0 Å². The van der Waals surface area contributed by atoms with Crippen molar-refractivity contribution in [3.05, 3.63) is 35.4 Å². The van der Waals surface area contributed by atoms with Crippen LogP contribution >= 0.6 is 0 Å². The molecule has 2 nitrogen and oxygen atoms in total. The van der Waals surface area contributed by atoms with Gasteiger partial charge in [0.25, 0.3) is 0 Å². The van der Waals surface area contributed by atoms with Gasteiger partial charge in [-0.1, -0.05) is 24.3 Å². The summed E-state index contributed by atoms with van der Waals surface area (Å²) in [5.41, 5.74) is 2.33. The molecule has 0 radical (unpaired) electrons. The number of hydrogen-bond donors (Lipinski definition) is 0. The van der Waals surface area contributed by atoms with Crippen molar-refractivity contribution in [2.24, 2.45) is 10.9 Å². The van der Waals surface area contributed by atoms with Crippen LogP contribution in [0.4, 0.5) is 0 Å². The van der Waals surface area contributed by atoms with Crippen molar-refractivity contribution in [3.63, 3.8) is 0 Å². The average molecular weight is 186 g/mol. The molecular formula is C12H14N2. The molecule has 0 aliphatic carbocycles. The standard InChI is InChI=1S/C12H14N2/c1-10(7-13)8-14-9-12-6-4-3-5-11(12)2/h3-6,9-10H,8H2,1-2H3/b14-9+. The average Bonchev–Trinajstić information content (AvgIpc) is 2.20. The quantitative estimate of drug-likeness (QED) is 0.668. The molecule has 0 bridgehead atoms. The number of rotatable bonds is 3.